The summed E-state index contributed by atoms with van der Waals surface area (Å²) in [4.78, 5) is 14.9. The number of hydrogen-bond donors (Lipinski definition) is 0. The zero-order chi connectivity index (χ0) is 22.0. The number of amides is 1. The van der Waals surface area contributed by atoms with Crippen LogP contribution in [-0.2, 0) is 10.0 Å². The highest BCUT2D eigenvalue weighted by Crippen LogP contribution is 2.23. The zero-order valence-electron chi connectivity index (χ0n) is 16.9. The fourth-order valence-electron chi connectivity index (χ4n) is 3.60. The van der Waals surface area contributed by atoms with Crippen LogP contribution in [-0.4, -0.2) is 61.4 Å². The molecule has 1 aliphatic rings. The van der Waals surface area contributed by atoms with E-state index in [9.17, 15) is 17.6 Å². The number of halogens is 1. The first-order valence-corrected chi connectivity index (χ1v) is 11.2. The number of ether oxygens (including phenoxy) is 1. The van der Waals surface area contributed by atoms with Crippen molar-refractivity contribution in [3.8, 4) is 11.4 Å². The Labute approximate surface area is 180 Å². The summed E-state index contributed by atoms with van der Waals surface area (Å²) in [5, 5.41) is 0. The monoisotopic (exact) mass is 443 g/mol. The lowest BCUT2D eigenvalue weighted by atomic mass is 10.1. The van der Waals surface area contributed by atoms with Gasteiger partial charge in [0.15, 0.2) is 0 Å². The molecule has 0 bridgehead atoms. The maximum Gasteiger partial charge on any atom is 0.256 e. The molecule has 7 nitrogen and oxygen atoms in total. The van der Waals surface area contributed by atoms with Gasteiger partial charge in [-0.05, 0) is 54.6 Å². The number of rotatable bonds is 5. The minimum atomic E-state index is -3.68. The van der Waals surface area contributed by atoms with E-state index in [1.165, 1.54) is 35.7 Å². The summed E-state index contributed by atoms with van der Waals surface area (Å²) < 4.78 is 47.9. The van der Waals surface area contributed by atoms with Crippen molar-refractivity contribution in [2.45, 2.75) is 4.90 Å². The van der Waals surface area contributed by atoms with Gasteiger partial charge in [0.25, 0.3) is 5.91 Å². The number of aromatic nitrogens is 1. The van der Waals surface area contributed by atoms with Crippen LogP contribution in [0.1, 0.15) is 10.4 Å². The van der Waals surface area contributed by atoms with Crippen molar-refractivity contribution < 1.29 is 22.3 Å². The summed E-state index contributed by atoms with van der Waals surface area (Å²) in [5.74, 6) is -0.257. The first kappa shape index (κ1) is 21.1. The van der Waals surface area contributed by atoms with Gasteiger partial charge in [-0.25, -0.2) is 12.8 Å². The Morgan fingerprint density at radius 3 is 2.23 bits per heavy atom. The topological polar surface area (TPSA) is 71.9 Å². The van der Waals surface area contributed by atoms with E-state index >= 15 is 0 Å². The highest BCUT2D eigenvalue weighted by molar-refractivity contribution is 7.89. The van der Waals surface area contributed by atoms with Gasteiger partial charge in [0.05, 0.1) is 23.3 Å². The highest BCUT2D eigenvalue weighted by atomic mass is 32.2. The average molecular weight is 444 g/mol. The van der Waals surface area contributed by atoms with Gasteiger partial charge in [-0.15, -0.1) is 0 Å². The molecule has 162 valence electrons. The Hall–Kier alpha value is -3.17. The van der Waals surface area contributed by atoms with E-state index in [0.717, 1.165) is 0 Å². The van der Waals surface area contributed by atoms with Crippen LogP contribution >= 0.6 is 0 Å². The third-order valence-corrected chi connectivity index (χ3v) is 7.21. The van der Waals surface area contributed by atoms with E-state index < -0.39 is 15.8 Å². The van der Waals surface area contributed by atoms with Crippen molar-refractivity contribution in [1.82, 2.24) is 13.8 Å². The normalized spacial score (nSPS) is 15.1. The molecule has 0 atom stereocenters. The molecule has 0 N–H and O–H groups in total. The Kier molecular flexibility index (Phi) is 5.79. The predicted molar refractivity (Wildman–Crippen MR) is 113 cm³/mol. The second kappa shape index (κ2) is 8.52. The molecule has 0 radical (unpaired) electrons. The first-order valence-electron chi connectivity index (χ1n) is 9.76. The maximum atomic E-state index is 13.9. The van der Waals surface area contributed by atoms with Crippen molar-refractivity contribution >= 4 is 15.9 Å². The van der Waals surface area contributed by atoms with Crippen LogP contribution in [0.15, 0.2) is 71.9 Å². The van der Waals surface area contributed by atoms with E-state index in [1.54, 1.807) is 40.1 Å². The molecular weight excluding hydrogens is 421 g/mol. The van der Waals surface area contributed by atoms with Gasteiger partial charge >= 0.3 is 0 Å². The third kappa shape index (κ3) is 4.19. The number of hydrogen-bond acceptors (Lipinski definition) is 4. The first-order chi connectivity index (χ1) is 14.9. The summed E-state index contributed by atoms with van der Waals surface area (Å²) in [6.07, 6.45) is 3.56. The summed E-state index contributed by atoms with van der Waals surface area (Å²) in [6.45, 7) is 0.758. The molecule has 1 fully saturated rings. The van der Waals surface area contributed by atoms with Crippen LogP contribution in [0.5, 0.6) is 5.75 Å². The second-order valence-corrected chi connectivity index (χ2v) is 9.06. The molecule has 3 aromatic rings. The smallest absolute Gasteiger partial charge is 0.256 e. The fraction of sp³-hybridized carbons (Fsp3) is 0.227. The SMILES string of the molecule is COc1ccc(S(=O)(=O)N2CCN(C(=O)c3cc(F)ccc3-n3cccc3)CC2)cc1. The molecule has 0 saturated carbocycles. The number of sulfonamides is 1. The molecule has 2 aromatic carbocycles. The molecule has 2 heterocycles. The van der Waals surface area contributed by atoms with Crippen molar-refractivity contribution in [1.29, 1.82) is 0 Å². The number of benzene rings is 2. The lowest BCUT2D eigenvalue weighted by Gasteiger charge is -2.34. The molecule has 0 unspecified atom stereocenters. The molecule has 9 heteroatoms. The molecule has 0 spiro atoms. The molecule has 1 saturated heterocycles. The average Bonchev–Trinajstić information content (AvgIpc) is 3.33. The van der Waals surface area contributed by atoms with Crippen LogP contribution in [0.25, 0.3) is 5.69 Å². The van der Waals surface area contributed by atoms with Gasteiger partial charge in [0.1, 0.15) is 11.6 Å². The Morgan fingerprint density at radius 1 is 0.968 bits per heavy atom. The number of methoxy groups -OCH3 is 1. The van der Waals surface area contributed by atoms with Gasteiger partial charge in [-0.2, -0.15) is 4.31 Å². The fourth-order valence-corrected chi connectivity index (χ4v) is 5.02. The summed E-state index contributed by atoms with van der Waals surface area (Å²) in [6, 6.07) is 13.9. The third-order valence-electron chi connectivity index (χ3n) is 5.29. The summed E-state index contributed by atoms with van der Waals surface area (Å²) in [5.41, 5.74) is 0.812. The summed E-state index contributed by atoms with van der Waals surface area (Å²) in [7, 11) is -2.16. The molecule has 1 amide bonds. The zero-order valence-corrected chi connectivity index (χ0v) is 17.8. The predicted octanol–water partition coefficient (Wildman–Crippen LogP) is 2.77. The van der Waals surface area contributed by atoms with Crippen LogP contribution < -0.4 is 4.74 Å². The van der Waals surface area contributed by atoms with E-state index in [0.29, 0.717) is 11.4 Å². The van der Waals surface area contributed by atoms with Crippen molar-refractivity contribution in [2.24, 2.45) is 0 Å². The molecule has 1 aromatic heterocycles. The van der Waals surface area contributed by atoms with Crippen LogP contribution in [0.4, 0.5) is 4.39 Å². The Morgan fingerprint density at radius 2 is 1.61 bits per heavy atom. The lowest BCUT2D eigenvalue weighted by molar-refractivity contribution is 0.0697. The Bertz CT molecular complexity index is 1170. The van der Waals surface area contributed by atoms with E-state index in [4.69, 9.17) is 4.74 Å². The molecule has 4 rings (SSSR count). The standard InChI is InChI=1S/C22H22FN3O4S/c1-30-18-5-7-19(8-6-18)31(28,29)26-14-12-25(13-15-26)22(27)20-16-17(23)4-9-21(20)24-10-2-3-11-24/h2-11,16H,12-15H2,1H3. The van der Waals surface area contributed by atoms with Gasteiger partial charge in [0, 0.05) is 38.6 Å². The van der Waals surface area contributed by atoms with Gasteiger partial charge in [-0.1, -0.05) is 0 Å². The summed E-state index contributed by atoms with van der Waals surface area (Å²) >= 11 is 0. The van der Waals surface area contributed by atoms with E-state index in [1.807, 2.05) is 12.1 Å². The molecule has 0 aliphatic carbocycles. The van der Waals surface area contributed by atoms with Gasteiger partial charge in [-0.3, -0.25) is 4.79 Å². The van der Waals surface area contributed by atoms with Crippen LogP contribution in [0.2, 0.25) is 0 Å². The van der Waals surface area contributed by atoms with Gasteiger partial charge in [0.2, 0.25) is 10.0 Å². The number of nitrogens with zero attached hydrogens (tertiary/aromatic N) is 3. The largest absolute Gasteiger partial charge is 0.497 e. The van der Waals surface area contributed by atoms with Crippen molar-refractivity contribution in [2.75, 3.05) is 33.3 Å². The molecular formula is C22H22FN3O4S. The second-order valence-electron chi connectivity index (χ2n) is 7.12. The lowest BCUT2D eigenvalue weighted by Crippen LogP contribution is -2.50. The molecule has 1 aliphatic heterocycles. The maximum absolute atomic E-state index is 13.9. The minimum absolute atomic E-state index is 0.161. The van der Waals surface area contributed by atoms with Crippen molar-refractivity contribution in [3.05, 3.63) is 78.4 Å². The van der Waals surface area contributed by atoms with Crippen LogP contribution in [0.3, 0.4) is 0 Å². The highest BCUT2D eigenvalue weighted by Gasteiger charge is 2.31. The minimum Gasteiger partial charge on any atom is -0.497 e. The Balaban J connectivity index is 1.50. The quantitative estimate of drug-likeness (QED) is 0.608. The molecule has 31 heavy (non-hydrogen) atoms. The van der Waals surface area contributed by atoms with E-state index in [-0.39, 0.29) is 42.5 Å². The number of carbonyl (C=O) groups is 1. The van der Waals surface area contributed by atoms with E-state index in [2.05, 4.69) is 0 Å². The van der Waals surface area contributed by atoms with Gasteiger partial charge < -0.3 is 14.2 Å². The number of carbonyl (C=O) groups excluding carboxylic acids is 1. The van der Waals surface area contributed by atoms with Crippen LogP contribution in [0, 0.1) is 5.82 Å². The van der Waals surface area contributed by atoms with Crippen molar-refractivity contribution in [3.63, 3.8) is 0 Å². The number of piperazine rings is 1.